The Morgan fingerprint density at radius 1 is 1.21 bits per heavy atom. The Hall–Kier alpha value is -3.26. The highest BCUT2D eigenvalue weighted by atomic mass is 19.1. The van der Waals surface area contributed by atoms with Crippen molar-refractivity contribution in [3.8, 4) is 11.5 Å². The van der Waals surface area contributed by atoms with Crippen LogP contribution in [0, 0.1) is 17.6 Å². The lowest BCUT2D eigenvalue weighted by Gasteiger charge is -2.37. The van der Waals surface area contributed by atoms with Gasteiger partial charge < -0.3 is 20.7 Å². The van der Waals surface area contributed by atoms with E-state index in [9.17, 15) is 13.6 Å². The van der Waals surface area contributed by atoms with Crippen LogP contribution in [0.15, 0.2) is 41.5 Å². The molecule has 3 aliphatic rings. The van der Waals surface area contributed by atoms with Crippen LogP contribution >= 0.6 is 0 Å². The van der Waals surface area contributed by atoms with Crippen molar-refractivity contribution >= 4 is 23.4 Å². The van der Waals surface area contributed by atoms with Crippen LogP contribution in [-0.2, 0) is 11.2 Å². The van der Waals surface area contributed by atoms with Gasteiger partial charge in [0.1, 0.15) is 11.6 Å². The summed E-state index contributed by atoms with van der Waals surface area (Å²) in [6.07, 6.45) is 6.38. The summed E-state index contributed by atoms with van der Waals surface area (Å²) in [5.74, 6) is -0.974. The first-order valence-corrected chi connectivity index (χ1v) is 11.7. The molecular formula is C26H28F2N4O2. The molecule has 0 radical (unpaired) electrons. The highest BCUT2D eigenvalue weighted by Gasteiger charge is 2.39. The number of amides is 1. The highest BCUT2D eigenvalue weighted by molar-refractivity contribution is 6.11. The maximum atomic E-state index is 14.6. The van der Waals surface area contributed by atoms with E-state index in [2.05, 4.69) is 10.3 Å². The molecule has 6 nitrogen and oxygen atoms in total. The maximum absolute atomic E-state index is 14.6. The van der Waals surface area contributed by atoms with E-state index >= 15 is 0 Å². The van der Waals surface area contributed by atoms with Gasteiger partial charge in [-0.05, 0) is 56.9 Å². The number of hydrogen-bond donors (Lipinski definition) is 2. The van der Waals surface area contributed by atoms with Gasteiger partial charge in [-0.1, -0.05) is 0 Å². The zero-order valence-electron chi connectivity index (χ0n) is 19.1. The fourth-order valence-electron chi connectivity index (χ4n) is 4.45. The minimum atomic E-state index is -0.800. The van der Waals surface area contributed by atoms with E-state index < -0.39 is 11.6 Å². The second kappa shape index (κ2) is 9.18. The summed E-state index contributed by atoms with van der Waals surface area (Å²) in [5, 5.41) is 3.17. The zero-order chi connectivity index (χ0) is 23.8. The highest BCUT2D eigenvalue weighted by Crippen LogP contribution is 2.45. The monoisotopic (exact) mass is 466 g/mol. The van der Waals surface area contributed by atoms with Crippen molar-refractivity contribution in [2.45, 2.75) is 44.7 Å². The number of carbonyl (C=O) groups excluding carboxylic acids is 1. The number of nitrogens with zero attached hydrogens (tertiary/aromatic N) is 2. The first-order chi connectivity index (χ1) is 16.5. The summed E-state index contributed by atoms with van der Waals surface area (Å²) in [7, 11) is 0. The van der Waals surface area contributed by atoms with E-state index in [0.717, 1.165) is 55.7 Å². The van der Waals surface area contributed by atoms with Gasteiger partial charge in [-0.15, -0.1) is 0 Å². The van der Waals surface area contributed by atoms with Crippen LogP contribution in [0.2, 0.25) is 0 Å². The molecule has 8 heteroatoms. The van der Waals surface area contributed by atoms with Crippen LogP contribution in [0.4, 0.5) is 14.5 Å². The summed E-state index contributed by atoms with van der Waals surface area (Å²) in [6.45, 7) is 3.65. The topological polar surface area (TPSA) is 80.0 Å². The van der Waals surface area contributed by atoms with E-state index in [0.29, 0.717) is 23.3 Å². The molecule has 178 valence electrons. The lowest BCUT2D eigenvalue weighted by atomic mass is 9.91. The SMILES string of the molecule is CC1CCc2c(ccc(C(C=NC3CNC3)=CN)c2Oc2ccc(F)cc2F)N1C(=O)C1CC1. The Kier molecular flexibility index (Phi) is 6.08. The predicted molar refractivity (Wildman–Crippen MR) is 128 cm³/mol. The largest absolute Gasteiger partial charge is 0.453 e. The van der Waals surface area contributed by atoms with Gasteiger partial charge >= 0.3 is 0 Å². The van der Waals surface area contributed by atoms with Gasteiger partial charge in [-0.3, -0.25) is 9.79 Å². The van der Waals surface area contributed by atoms with Crippen LogP contribution in [-0.4, -0.2) is 37.3 Å². The van der Waals surface area contributed by atoms with Gasteiger partial charge in [0.05, 0.1) is 11.7 Å². The van der Waals surface area contributed by atoms with Crippen LogP contribution in [0.25, 0.3) is 5.57 Å². The summed E-state index contributed by atoms with van der Waals surface area (Å²) < 4.78 is 34.2. The minimum Gasteiger partial charge on any atom is -0.453 e. The predicted octanol–water partition coefficient (Wildman–Crippen LogP) is 4.18. The van der Waals surface area contributed by atoms with E-state index in [-0.39, 0.29) is 29.7 Å². The number of nitrogens with one attached hydrogen (secondary N) is 1. The second-order valence-corrected chi connectivity index (χ2v) is 9.20. The first kappa shape index (κ1) is 22.5. The van der Waals surface area contributed by atoms with Crippen molar-refractivity contribution in [3.63, 3.8) is 0 Å². The molecule has 0 bridgehead atoms. The van der Waals surface area contributed by atoms with Crippen molar-refractivity contribution < 1.29 is 18.3 Å². The Labute approximate surface area is 197 Å². The summed E-state index contributed by atoms with van der Waals surface area (Å²) >= 11 is 0. The number of hydrogen-bond acceptors (Lipinski definition) is 5. The van der Waals surface area contributed by atoms with Crippen LogP contribution in [0.5, 0.6) is 11.5 Å². The molecule has 2 aromatic carbocycles. The zero-order valence-corrected chi connectivity index (χ0v) is 19.1. The molecule has 1 amide bonds. The number of benzene rings is 2. The standard InChI is InChI=1S/C26H28F2N4O2/c1-15-2-6-21-23(32(15)26(33)16-3-4-16)8-7-20(17(11-29)12-31-19-13-30-14-19)25(21)34-24-9-5-18(27)10-22(24)28/h5,7-12,15-16,19,30H,2-4,6,13-14,29H2,1H3. The second-order valence-electron chi connectivity index (χ2n) is 9.20. The number of carbonyl (C=O) groups is 1. The molecule has 2 aromatic rings. The molecule has 2 heterocycles. The molecule has 3 N–H and O–H groups in total. The van der Waals surface area contributed by atoms with Gasteiger partial charge in [0.15, 0.2) is 11.6 Å². The van der Waals surface area contributed by atoms with Gasteiger partial charge in [0.2, 0.25) is 5.91 Å². The Morgan fingerprint density at radius 2 is 2.00 bits per heavy atom. The molecule has 34 heavy (non-hydrogen) atoms. The van der Waals surface area contributed by atoms with Crippen molar-refractivity contribution in [1.29, 1.82) is 0 Å². The number of ether oxygens (including phenoxy) is 1. The molecule has 0 spiro atoms. The van der Waals surface area contributed by atoms with E-state index in [1.165, 1.54) is 12.3 Å². The number of rotatable bonds is 6. The molecule has 0 aromatic heterocycles. The molecule has 1 saturated heterocycles. The Morgan fingerprint density at radius 3 is 2.65 bits per heavy atom. The molecule has 2 fully saturated rings. The van der Waals surface area contributed by atoms with E-state index in [1.54, 1.807) is 6.21 Å². The fourth-order valence-corrected chi connectivity index (χ4v) is 4.45. The Bertz CT molecular complexity index is 1170. The van der Waals surface area contributed by atoms with Crippen LogP contribution in [0.1, 0.15) is 37.3 Å². The normalized spacial score (nSPS) is 20.9. The number of allylic oxidation sites excluding steroid dienone is 1. The third-order valence-electron chi connectivity index (χ3n) is 6.69. The van der Waals surface area contributed by atoms with Crippen LogP contribution in [0.3, 0.4) is 0 Å². The smallest absolute Gasteiger partial charge is 0.230 e. The van der Waals surface area contributed by atoms with Gasteiger partial charge in [0, 0.05) is 60.2 Å². The first-order valence-electron chi connectivity index (χ1n) is 11.7. The molecule has 1 unspecified atom stereocenters. The van der Waals surface area contributed by atoms with E-state index in [4.69, 9.17) is 10.5 Å². The summed E-state index contributed by atoms with van der Waals surface area (Å²) in [4.78, 5) is 19.5. The quantitative estimate of drug-likeness (QED) is 0.626. The summed E-state index contributed by atoms with van der Waals surface area (Å²) in [5.41, 5.74) is 8.83. The third-order valence-corrected chi connectivity index (χ3v) is 6.69. The lowest BCUT2D eigenvalue weighted by Crippen LogP contribution is -2.45. The number of nitrogens with two attached hydrogens (primary N) is 1. The molecule has 5 rings (SSSR count). The van der Waals surface area contributed by atoms with Crippen molar-refractivity contribution in [2.24, 2.45) is 16.6 Å². The average molecular weight is 467 g/mol. The maximum Gasteiger partial charge on any atom is 0.230 e. The molecule has 1 saturated carbocycles. The molecular weight excluding hydrogens is 438 g/mol. The molecule has 2 aliphatic heterocycles. The average Bonchev–Trinajstić information content (AvgIpc) is 3.63. The Balaban J connectivity index is 1.61. The van der Waals surface area contributed by atoms with Crippen molar-refractivity contribution in [1.82, 2.24) is 5.32 Å². The van der Waals surface area contributed by atoms with Crippen LogP contribution < -0.4 is 20.7 Å². The lowest BCUT2D eigenvalue weighted by molar-refractivity contribution is -0.120. The number of aliphatic imine (C=N–C) groups is 1. The van der Waals surface area contributed by atoms with Gasteiger partial charge in [-0.25, -0.2) is 8.78 Å². The van der Waals surface area contributed by atoms with Crippen molar-refractivity contribution in [3.05, 3.63) is 59.3 Å². The molecule has 1 atom stereocenters. The summed E-state index contributed by atoms with van der Waals surface area (Å²) in [6, 6.07) is 7.20. The van der Waals surface area contributed by atoms with Crippen molar-refractivity contribution in [2.75, 3.05) is 18.0 Å². The number of anilines is 1. The number of fused-ring (bicyclic) bond motifs is 1. The van der Waals surface area contributed by atoms with Gasteiger partial charge in [0.25, 0.3) is 0 Å². The van der Waals surface area contributed by atoms with E-state index in [1.807, 2.05) is 24.0 Å². The minimum absolute atomic E-state index is 0.0547. The fraction of sp³-hybridized carbons (Fsp3) is 0.385. The number of halogens is 2. The van der Waals surface area contributed by atoms with Gasteiger partial charge in [-0.2, -0.15) is 0 Å². The third kappa shape index (κ3) is 4.30. The molecule has 1 aliphatic carbocycles.